The van der Waals surface area contributed by atoms with Gasteiger partial charge in [0.1, 0.15) is 18.5 Å². The Morgan fingerprint density at radius 3 is 2.64 bits per heavy atom. The number of rotatable bonds is 5. The summed E-state index contributed by atoms with van der Waals surface area (Å²) in [5, 5.41) is 28.7. The van der Waals surface area contributed by atoms with Gasteiger partial charge in [0.05, 0.1) is 18.8 Å². The molecule has 28 heavy (non-hydrogen) atoms. The normalized spacial score (nSPS) is 16.0. The molecule has 4 N–H and O–H groups in total. The van der Waals surface area contributed by atoms with Gasteiger partial charge in [-0.05, 0) is 35.4 Å². The lowest BCUT2D eigenvalue weighted by molar-refractivity contribution is 0.0535. The number of nitrogens with one attached hydrogen (secondary N) is 1. The number of aromatic amines is 1. The van der Waals surface area contributed by atoms with Crippen LogP contribution in [0.25, 0.3) is 10.9 Å². The van der Waals surface area contributed by atoms with Crippen molar-refractivity contribution in [3.8, 4) is 5.75 Å². The van der Waals surface area contributed by atoms with Crippen LogP contribution in [0.5, 0.6) is 5.75 Å². The summed E-state index contributed by atoms with van der Waals surface area (Å²) >= 11 is 0. The number of ether oxygens (including phenoxy) is 1. The molecule has 6 nitrogen and oxygen atoms in total. The highest BCUT2D eigenvalue weighted by molar-refractivity contribution is 6.20. The molecule has 0 spiro atoms. The van der Waals surface area contributed by atoms with Gasteiger partial charge in [-0.1, -0.05) is 26.0 Å². The molecule has 0 amide bonds. The number of carbonyl (C=O) groups is 1. The molecule has 1 heterocycles. The molecule has 1 atom stereocenters. The first-order valence-corrected chi connectivity index (χ1v) is 9.23. The van der Waals surface area contributed by atoms with Crippen molar-refractivity contribution in [2.75, 3.05) is 13.2 Å². The molecule has 2 aromatic carbocycles. The van der Waals surface area contributed by atoms with Crippen LogP contribution in [0.1, 0.15) is 46.6 Å². The molecule has 0 aliphatic heterocycles. The maximum absolute atomic E-state index is 13.3. The second kappa shape index (κ2) is 6.74. The van der Waals surface area contributed by atoms with Gasteiger partial charge in [-0.25, -0.2) is 0 Å². The Morgan fingerprint density at radius 1 is 1.14 bits per heavy atom. The number of aliphatic hydroxyl groups excluding tert-OH is 3. The van der Waals surface area contributed by atoms with Crippen molar-refractivity contribution in [1.29, 1.82) is 0 Å². The summed E-state index contributed by atoms with van der Waals surface area (Å²) in [6.07, 6.45) is -0.952. The van der Waals surface area contributed by atoms with Crippen molar-refractivity contribution in [1.82, 2.24) is 4.98 Å². The van der Waals surface area contributed by atoms with E-state index < -0.39 is 11.5 Å². The van der Waals surface area contributed by atoms with E-state index in [1.165, 1.54) is 0 Å². The van der Waals surface area contributed by atoms with E-state index in [2.05, 4.69) is 4.98 Å². The Labute approximate surface area is 162 Å². The van der Waals surface area contributed by atoms with E-state index in [0.717, 1.165) is 27.7 Å². The first-order chi connectivity index (χ1) is 13.4. The molecule has 146 valence electrons. The zero-order valence-electron chi connectivity index (χ0n) is 15.8. The van der Waals surface area contributed by atoms with Crippen molar-refractivity contribution in [2.45, 2.75) is 32.0 Å². The summed E-state index contributed by atoms with van der Waals surface area (Å²) in [6.45, 7) is 3.64. The summed E-state index contributed by atoms with van der Waals surface area (Å²) < 4.78 is 5.57. The molecule has 0 bridgehead atoms. The number of hydrogen-bond acceptors (Lipinski definition) is 5. The average Bonchev–Trinajstić information content (AvgIpc) is 3.10. The molecule has 4 rings (SSSR count). The molecule has 1 aliphatic rings. The van der Waals surface area contributed by atoms with E-state index >= 15 is 0 Å². The highest BCUT2D eigenvalue weighted by atomic mass is 16.5. The smallest absolute Gasteiger partial charge is 0.195 e. The number of aromatic nitrogens is 1. The van der Waals surface area contributed by atoms with E-state index in [0.29, 0.717) is 16.9 Å². The Kier molecular flexibility index (Phi) is 4.50. The van der Waals surface area contributed by atoms with Crippen LogP contribution in [0.2, 0.25) is 0 Å². The monoisotopic (exact) mass is 381 g/mol. The molecule has 3 aromatic rings. The molecule has 6 heteroatoms. The second-order valence-corrected chi connectivity index (χ2v) is 7.72. The fourth-order valence-corrected chi connectivity index (χ4v) is 3.89. The lowest BCUT2D eigenvalue weighted by Gasteiger charge is -2.32. The first-order valence-electron chi connectivity index (χ1n) is 9.23. The molecule has 1 unspecified atom stereocenters. The van der Waals surface area contributed by atoms with Gasteiger partial charge >= 0.3 is 0 Å². The van der Waals surface area contributed by atoms with E-state index in [1.807, 2.05) is 38.1 Å². The molecule has 1 aliphatic carbocycles. The summed E-state index contributed by atoms with van der Waals surface area (Å²) in [4.78, 5) is 16.7. The number of H-pyrrole nitrogens is 1. The van der Waals surface area contributed by atoms with Crippen LogP contribution >= 0.6 is 0 Å². The second-order valence-electron chi connectivity index (χ2n) is 7.72. The number of hydrogen-bond donors (Lipinski definition) is 4. The van der Waals surface area contributed by atoms with Gasteiger partial charge in [0.15, 0.2) is 5.78 Å². The minimum Gasteiger partial charge on any atom is -0.491 e. The van der Waals surface area contributed by atoms with E-state index in [1.54, 1.807) is 12.1 Å². The van der Waals surface area contributed by atoms with Crippen LogP contribution in [0.15, 0.2) is 36.4 Å². The van der Waals surface area contributed by atoms with E-state index in [9.17, 15) is 15.0 Å². The maximum Gasteiger partial charge on any atom is 0.195 e. The van der Waals surface area contributed by atoms with E-state index in [-0.39, 0.29) is 25.6 Å². The SMILES string of the molecule is CC1(C)c2cc(OCC(O)CO)ccc2C(=O)c2c1[nH]c1cc(CO)ccc21. The fourth-order valence-electron chi connectivity index (χ4n) is 3.89. The van der Waals surface area contributed by atoms with Gasteiger partial charge in [-0.15, -0.1) is 0 Å². The summed E-state index contributed by atoms with van der Waals surface area (Å²) in [5.74, 6) is 0.489. The maximum atomic E-state index is 13.3. The largest absolute Gasteiger partial charge is 0.491 e. The Balaban J connectivity index is 1.82. The number of ketones is 1. The zero-order chi connectivity index (χ0) is 20.1. The number of benzene rings is 2. The lowest BCUT2D eigenvalue weighted by Crippen LogP contribution is -2.30. The molecule has 0 saturated carbocycles. The highest BCUT2D eigenvalue weighted by Gasteiger charge is 2.39. The van der Waals surface area contributed by atoms with Crippen LogP contribution in [-0.2, 0) is 12.0 Å². The Bertz CT molecular complexity index is 1070. The lowest BCUT2D eigenvalue weighted by atomic mass is 9.71. The van der Waals surface area contributed by atoms with E-state index in [4.69, 9.17) is 9.84 Å². The number of fused-ring (bicyclic) bond motifs is 4. The number of carbonyl (C=O) groups excluding carboxylic acids is 1. The third kappa shape index (κ3) is 2.81. The van der Waals surface area contributed by atoms with Crippen molar-refractivity contribution < 1.29 is 24.9 Å². The molecule has 0 fully saturated rings. The topological polar surface area (TPSA) is 103 Å². The van der Waals surface area contributed by atoms with Gasteiger partial charge in [0.2, 0.25) is 0 Å². The van der Waals surface area contributed by atoms with Crippen molar-refractivity contribution in [2.24, 2.45) is 0 Å². The van der Waals surface area contributed by atoms with Gasteiger partial charge < -0.3 is 25.0 Å². The van der Waals surface area contributed by atoms with Crippen molar-refractivity contribution >= 4 is 16.7 Å². The molecule has 0 radical (unpaired) electrons. The first kappa shape index (κ1) is 18.7. The Hall–Kier alpha value is -2.67. The van der Waals surface area contributed by atoms with Gasteiger partial charge in [-0.3, -0.25) is 4.79 Å². The third-order valence-electron chi connectivity index (χ3n) is 5.46. The van der Waals surface area contributed by atoms with Crippen LogP contribution in [-0.4, -0.2) is 45.4 Å². The quantitative estimate of drug-likeness (QED) is 0.543. The van der Waals surface area contributed by atoms with Crippen LogP contribution < -0.4 is 4.74 Å². The fraction of sp³-hybridized carbons (Fsp3) is 0.318. The third-order valence-corrected chi connectivity index (χ3v) is 5.46. The molecule has 1 aromatic heterocycles. The van der Waals surface area contributed by atoms with Crippen molar-refractivity contribution in [3.63, 3.8) is 0 Å². The predicted octanol–water partition coefficient (Wildman–Crippen LogP) is 2.26. The summed E-state index contributed by atoms with van der Waals surface area (Å²) in [7, 11) is 0. The molecular formula is C22H23NO5. The number of aliphatic hydroxyl groups is 3. The summed E-state index contributed by atoms with van der Waals surface area (Å²) in [5.41, 5.74) is 4.12. The van der Waals surface area contributed by atoms with Crippen LogP contribution in [0.4, 0.5) is 0 Å². The summed E-state index contributed by atoms with van der Waals surface area (Å²) in [6, 6.07) is 10.9. The molecule has 0 saturated heterocycles. The Morgan fingerprint density at radius 2 is 1.93 bits per heavy atom. The van der Waals surface area contributed by atoms with Crippen LogP contribution in [0.3, 0.4) is 0 Å². The predicted molar refractivity (Wildman–Crippen MR) is 105 cm³/mol. The highest BCUT2D eigenvalue weighted by Crippen LogP contribution is 2.44. The minimum atomic E-state index is -0.952. The zero-order valence-corrected chi connectivity index (χ0v) is 15.8. The van der Waals surface area contributed by atoms with Gasteiger partial charge in [0, 0.05) is 27.6 Å². The van der Waals surface area contributed by atoms with Gasteiger partial charge in [0.25, 0.3) is 0 Å². The van der Waals surface area contributed by atoms with Crippen LogP contribution in [0, 0.1) is 0 Å². The standard InChI is InChI=1S/C22H23NO5/c1-22(2)17-8-14(28-11-13(26)10-25)4-6-15(17)20(27)19-16-5-3-12(9-24)7-18(16)23-21(19)22/h3-8,13,23-26H,9-11H2,1-2H3. The van der Waals surface area contributed by atoms with Gasteiger partial charge in [-0.2, -0.15) is 0 Å². The molecular weight excluding hydrogens is 358 g/mol. The average molecular weight is 381 g/mol. The minimum absolute atomic E-state index is 0.0226. The van der Waals surface area contributed by atoms with Crippen molar-refractivity contribution in [3.05, 3.63) is 64.3 Å².